The van der Waals surface area contributed by atoms with Crippen molar-refractivity contribution in [3.8, 4) is 0 Å². The van der Waals surface area contributed by atoms with Crippen LogP contribution in [0.3, 0.4) is 0 Å². The second kappa shape index (κ2) is 3.92. The topological polar surface area (TPSA) is 16.1 Å². The first-order valence-electron chi connectivity index (χ1n) is 4.36. The molecule has 0 atom stereocenters. The normalized spacial score (nSPS) is 15.3. The molecule has 2 rings (SSSR count). The summed E-state index contributed by atoms with van der Waals surface area (Å²) in [6, 6.07) is 4.08. The van der Waals surface area contributed by atoms with Gasteiger partial charge in [-0.1, -0.05) is 12.1 Å². The van der Waals surface area contributed by atoms with Gasteiger partial charge in [0.25, 0.3) is 0 Å². The van der Waals surface area contributed by atoms with E-state index in [1.165, 1.54) is 12.0 Å². The fourth-order valence-electron chi connectivity index (χ4n) is 1.40. The number of rotatable bonds is 2. The Morgan fingerprint density at radius 3 is 3.00 bits per heavy atom. The first kappa shape index (κ1) is 8.75. The fraction of sp³-hybridized carbons (Fsp3) is 0.300. The summed E-state index contributed by atoms with van der Waals surface area (Å²) in [4.78, 5) is 6.48. The molecule has 0 aliphatic carbocycles. The van der Waals surface area contributed by atoms with Crippen LogP contribution in [0.1, 0.15) is 12.0 Å². The van der Waals surface area contributed by atoms with E-state index in [0.29, 0.717) is 0 Å². The Balaban J connectivity index is 2.01. The molecule has 0 spiro atoms. The molecule has 0 N–H and O–H groups in total. The average Bonchev–Trinajstić information content (AvgIpc) is 2.62. The van der Waals surface area contributed by atoms with Crippen LogP contribution < -0.4 is 0 Å². The average molecular weight is 239 g/mol. The van der Waals surface area contributed by atoms with E-state index in [4.69, 9.17) is 0 Å². The predicted octanol–water partition coefficient (Wildman–Crippen LogP) is 2.56. The molecule has 68 valence electrons. The second-order valence-corrected chi connectivity index (χ2v) is 3.95. The molecule has 0 unspecified atom stereocenters. The van der Waals surface area contributed by atoms with Crippen molar-refractivity contribution in [3.63, 3.8) is 0 Å². The minimum absolute atomic E-state index is 0.896. The van der Waals surface area contributed by atoms with Gasteiger partial charge in [-0.25, -0.2) is 4.98 Å². The summed E-state index contributed by atoms with van der Waals surface area (Å²) in [7, 11) is 0. The molecule has 1 aromatic heterocycles. The Labute approximate surface area is 86.4 Å². The zero-order chi connectivity index (χ0) is 9.10. The molecule has 0 saturated heterocycles. The SMILES string of the molecule is Brc1ccc(CN2C=CCC2)cn1. The second-order valence-electron chi connectivity index (χ2n) is 3.13. The van der Waals surface area contributed by atoms with Gasteiger partial charge in [-0.2, -0.15) is 0 Å². The van der Waals surface area contributed by atoms with Crippen molar-refractivity contribution in [2.45, 2.75) is 13.0 Å². The largest absolute Gasteiger partial charge is 0.373 e. The Bertz CT molecular complexity index is 305. The summed E-state index contributed by atoms with van der Waals surface area (Å²) in [6.07, 6.45) is 7.44. The van der Waals surface area contributed by atoms with Crippen molar-refractivity contribution >= 4 is 15.9 Å². The molecule has 0 amide bonds. The molecule has 13 heavy (non-hydrogen) atoms. The Morgan fingerprint density at radius 2 is 2.38 bits per heavy atom. The van der Waals surface area contributed by atoms with Crippen LogP contribution in [-0.4, -0.2) is 16.4 Å². The van der Waals surface area contributed by atoms with E-state index in [-0.39, 0.29) is 0 Å². The fourth-order valence-corrected chi connectivity index (χ4v) is 1.64. The number of pyridine rings is 1. The van der Waals surface area contributed by atoms with E-state index in [0.717, 1.165) is 17.7 Å². The van der Waals surface area contributed by atoms with Crippen LogP contribution in [-0.2, 0) is 6.54 Å². The highest BCUT2D eigenvalue weighted by Crippen LogP contribution is 2.11. The zero-order valence-electron chi connectivity index (χ0n) is 7.28. The summed E-state index contributed by atoms with van der Waals surface area (Å²) >= 11 is 3.32. The smallest absolute Gasteiger partial charge is 0.106 e. The molecule has 1 aliphatic heterocycles. The van der Waals surface area contributed by atoms with Gasteiger partial charge in [0.05, 0.1) is 0 Å². The quantitative estimate of drug-likeness (QED) is 0.737. The zero-order valence-corrected chi connectivity index (χ0v) is 8.87. The lowest BCUT2D eigenvalue weighted by molar-refractivity contribution is 0.399. The third-order valence-corrected chi connectivity index (χ3v) is 2.54. The monoisotopic (exact) mass is 238 g/mol. The number of hydrogen-bond donors (Lipinski definition) is 0. The molecule has 0 aromatic carbocycles. The van der Waals surface area contributed by atoms with E-state index in [1.54, 1.807) is 0 Å². The highest BCUT2D eigenvalue weighted by atomic mass is 79.9. The lowest BCUT2D eigenvalue weighted by Gasteiger charge is -2.14. The van der Waals surface area contributed by atoms with Crippen LogP contribution >= 0.6 is 15.9 Å². The van der Waals surface area contributed by atoms with Crippen LogP contribution in [0.5, 0.6) is 0 Å². The molecule has 0 bridgehead atoms. The van der Waals surface area contributed by atoms with E-state index >= 15 is 0 Å². The van der Waals surface area contributed by atoms with E-state index in [2.05, 4.69) is 44.2 Å². The predicted molar refractivity (Wildman–Crippen MR) is 56.1 cm³/mol. The Hall–Kier alpha value is -0.830. The number of aromatic nitrogens is 1. The van der Waals surface area contributed by atoms with Crippen LogP contribution in [0.15, 0.2) is 35.2 Å². The number of hydrogen-bond acceptors (Lipinski definition) is 2. The van der Waals surface area contributed by atoms with Gasteiger partial charge in [-0.3, -0.25) is 0 Å². The van der Waals surface area contributed by atoms with Gasteiger partial charge < -0.3 is 4.90 Å². The van der Waals surface area contributed by atoms with Crippen LogP contribution in [0, 0.1) is 0 Å². The highest BCUT2D eigenvalue weighted by molar-refractivity contribution is 9.10. The highest BCUT2D eigenvalue weighted by Gasteiger charge is 2.04. The molecule has 2 nitrogen and oxygen atoms in total. The van der Waals surface area contributed by atoms with Crippen molar-refractivity contribution in [3.05, 3.63) is 40.8 Å². The Morgan fingerprint density at radius 1 is 1.46 bits per heavy atom. The van der Waals surface area contributed by atoms with Crippen molar-refractivity contribution in [1.82, 2.24) is 9.88 Å². The maximum Gasteiger partial charge on any atom is 0.106 e. The van der Waals surface area contributed by atoms with Crippen molar-refractivity contribution in [1.29, 1.82) is 0 Å². The maximum absolute atomic E-state index is 4.19. The summed E-state index contributed by atoms with van der Waals surface area (Å²) in [5.74, 6) is 0. The first-order chi connectivity index (χ1) is 6.34. The summed E-state index contributed by atoms with van der Waals surface area (Å²) in [5.41, 5.74) is 1.26. The van der Waals surface area contributed by atoms with Crippen molar-refractivity contribution < 1.29 is 0 Å². The molecule has 1 aromatic rings. The van der Waals surface area contributed by atoms with E-state index < -0.39 is 0 Å². The molecule has 2 heterocycles. The molecule has 0 saturated carbocycles. The van der Waals surface area contributed by atoms with Gasteiger partial charge in [0.15, 0.2) is 0 Å². The molecular weight excluding hydrogens is 228 g/mol. The number of halogens is 1. The van der Waals surface area contributed by atoms with Gasteiger partial charge in [0.2, 0.25) is 0 Å². The molecular formula is C10H11BrN2. The lowest BCUT2D eigenvalue weighted by atomic mass is 10.3. The minimum atomic E-state index is 0.896. The van der Waals surface area contributed by atoms with Gasteiger partial charge in [-0.05, 0) is 40.2 Å². The first-order valence-corrected chi connectivity index (χ1v) is 5.15. The van der Waals surface area contributed by atoms with E-state index in [1.807, 2.05) is 12.3 Å². The number of nitrogens with zero attached hydrogens (tertiary/aromatic N) is 2. The molecule has 0 radical (unpaired) electrons. The summed E-state index contributed by atoms with van der Waals surface area (Å²) in [6.45, 7) is 2.10. The van der Waals surface area contributed by atoms with Crippen molar-refractivity contribution in [2.75, 3.05) is 6.54 Å². The molecule has 0 fully saturated rings. The van der Waals surface area contributed by atoms with Gasteiger partial charge >= 0.3 is 0 Å². The third kappa shape index (κ3) is 2.31. The summed E-state index contributed by atoms with van der Waals surface area (Å²) in [5, 5.41) is 0. The van der Waals surface area contributed by atoms with Crippen LogP contribution in [0.25, 0.3) is 0 Å². The van der Waals surface area contributed by atoms with Gasteiger partial charge in [0, 0.05) is 19.3 Å². The minimum Gasteiger partial charge on any atom is -0.373 e. The standard InChI is InChI=1S/C10H11BrN2/c11-10-4-3-9(7-12-10)8-13-5-1-2-6-13/h1,3-5,7H,2,6,8H2. The lowest BCUT2D eigenvalue weighted by Crippen LogP contribution is -2.13. The summed E-state index contributed by atoms with van der Waals surface area (Å²) < 4.78 is 0.896. The Kier molecular flexibility index (Phi) is 2.64. The molecule has 3 heteroatoms. The van der Waals surface area contributed by atoms with Crippen LogP contribution in [0.4, 0.5) is 0 Å². The third-order valence-electron chi connectivity index (χ3n) is 2.07. The van der Waals surface area contributed by atoms with Gasteiger partial charge in [0.1, 0.15) is 4.60 Å². The van der Waals surface area contributed by atoms with Crippen molar-refractivity contribution in [2.24, 2.45) is 0 Å². The molecule has 1 aliphatic rings. The maximum atomic E-state index is 4.19. The van der Waals surface area contributed by atoms with Gasteiger partial charge in [-0.15, -0.1) is 0 Å². The van der Waals surface area contributed by atoms with E-state index in [9.17, 15) is 0 Å². The van der Waals surface area contributed by atoms with Crippen LogP contribution in [0.2, 0.25) is 0 Å².